The lowest BCUT2D eigenvalue weighted by atomic mass is 9.88. The molecule has 1 heterocycles. The summed E-state index contributed by atoms with van der Waals surface area (Å²) < 4.78 is 94.3. The summed E-state index contributed by atoms with van der Waals surface area (Å²) in [6, 6.07) is 1.47. The fraction of sp³-hybridized carbons (Fsp3) is 0.529. The Balaban J connectivity index is 1.90. The molecule has 178 valence electrons. The van der Waals surface area contributed by atoms with Gasteiger partial charge < -0.3 is 5.32 Å². The van der Waals surface area contributed by atoms with Gasteiger partial charge in [0.05, 0.1) is 6.54 Å². The van der Waals surface area contributed by atoms with Crippen molar-refractivity contribution in [3.05, 3.63) is 34.9 Å². The van der Waals surface area contributed by atoms with E-state index in [1.807, 2.05) is 0 Å². The zero-order valence-corrected chi connectivity index (χ0v) is 17.8. The Morgan fingerprint density at radius 1 is 1.22 bits per heavy atom. The van der Waals surface area contributed by atoms with Crippen LogP contribution in [0, 0.1) is 0 Å². The second-order valence-electron chi connectivity index (χ2n) is 7.35. The lowest BCUT2D eigenvalue weighted by molar-refractivity contribution is -0.251. The number of benzene rings is 1. The lowest BCUT2D eigenvalue weighted by Gasteiger charge is -2.38. The molecule has 1 unspecified atom stereocenters. The van der Waals surface area contributed by atoms with Crippen molar-refractivity contribution in [2.75, 3.05) is 19.6 Å². The Morgan fingerprint density at radius 3 is 2.31 bits per heavy atom. The summed E-state index contributed by atoms with van der Waals surface area (Å²) in [7, 11) is -4.15. The van der Waals surface area contributed by atoms with Crippen molar-refractivity contribution < 1.29 is 40.0 Å². The Hall–Kier alpha value is -2.03. The Labute approximate surface area is 184 Å². The molecule has 2 fully saturated rings. The lowest BCUT2D eigenvalue weighted by Crippen LogP contribution is -2.57. The Bertz CT molecular complexity index is 995. The van der Waals surface area contributed by atoms with Crippen LogP contribution < -0.4 is 10.0 Å². The molecule has 1 aliphatic carbocycles. The zero-order valence-electron chi connectivity index (χ0n) is 16.2. The molecule has 2 aliphatic rings. The Kier molecular flexibility index (Phi) is 6.71. The number of halogens is 6. The third-order valence-electron chi connectivity index (χ3n) is 4.84. The van der Waals surface area contributed by atoms with Crippen molar-refractivity contribution in [2.45, 2.75) is 37.1 Å². The van der Waals surface area contributed by atoms with Crippen molar-refractivity contribution >= 4 is 33.6 Å². The molecule has 0 spiro atoms. The summed E-state index contributed by atoms with van der Waals surface area (Å²) in [5, 5.41) is 1.81. The normalized spacial score (nSPS) is 19.7. The summed E-state index contributed by atoms with van der Waals surface area (Å²) in [4.78, 5) is 24.5. The maximum atomic E-state index is 13.9. The largest absolute Gasteiger partial charge is 0.488 e. The molecule has 2 amide bonds. The molecule has 0 aromatic heterocycles. The monoisotopic (exact) mass is 504 g/mol. The van der Waals surface area contributed by atoms with Gasteiger partial charge in [-0.15, -0.1) is 13.2 Å². The predicted molar refractivity (Wildman–Crippen MR) is 102 cm³/mol. The van der Waals surface area contributed by atoms with E-state index >= 15 is 0 Å². The highest BCUT2D eigenvalue weighted by molar-refractivity contribution is 7.87. The molecule has 1 saturated heterocycles. The van der Waals surface area contributed by atoms with E-state index in [2.05, 4.69) is 5.32 Å². The number of amides is 2. The summed E-state index contributed by atoms with van der Waals surface area (Å²) >= 11 is 5.97. The quantitative estimate of drug-likeness (QED) is 0.320. The average Bonchev–Trinajstić information content (AvgIpc) is 3.48. The van der Waals surface area contributed by atoms with Gasteiger partial charge in [0, 0.05) is 42.6 Å². The minimum Gasteiger partial charge on any atom is -0.351 e. The number of hydrogen-bond donors (Lipinski definition) is 2. The highest BCUT2D eigenvalue weighted by Crippen LogP contribution is 2.39. The number of alkyl halides is 5. The zero-order chi connectivity index (χ0) is 23.9. The third kappa shape index (κ3) is 5.66. The first-order valence-electron chi connectivity index (χ1n) is 9.27. The fourth-order valence-electron chi connectivity index (χ4n) is 3.18. The van der Waals surface area contributed by atoms with Gasteiger partial charge in [-0.25, -0.2) is 13.7 Å². The first-order chi connectivity index (χ1) is 14.7. The van der Waals surface area contributed by atoms with Crippen LogP contribution in [0.5, 0.6) is 0 Å². The van der Waals surface area contributed by atoms with Gasteiger partial charge in [-0.05, 0) is 6.07 Å². The molecule has 1 aromatic rings. The summed E-state index contributed by atoms with van der Waals surface area (Å²) in [5.41, 5.74) is -0.405. The maximum Gasteiger partial charge on any atom is 0.488 e. The standard InChI is InChI=1S/C17H18ClF5N4O4S/c18-12-4-2-1-3-11(12)14(15(29)25-10-7-16(19,20)8-10)27(17(21,22)23)13(28)9-24-32(30,31)26-5-6-26/h1-4,10,14,24H,5-9H2,(H,25,29). The molecule has 1 aromatic carbocycles. The minimum atomic E-state index is -5.42. The van der Waals surface area contributed by atoms with E-state index in [1.165, 1.54) is 18.2 Å². The van der Waals surface area contributed by atoms with Crippen molar-refractivity contribution in [2.24, 2.45) is 0 Å². The van der Waals surface area contributed by atoms with Gasteiger partial charge in [-0.2, -0.15) is 17.4 Å². The van der Waals surface area contributed by atoms with Gasteiger partial charge in [0.1, 0.15) is 6.04 Å². The van der Waals surface area contributed by atoms with Crippen molar-refractivity contribution in [3.63, 3.8) is 0 Å². The summed E-state index contributed by atoms with van der Waals surface area (Å²) in [5.74, 6) is -6.20. The van der Waals surface area contributed by atoms with Gasteiger partial charge in [0.15, 0.2) is 0 Å². The molecule has 1 atom stereocenters. The van der Waals surface area contributed by atoms with E-state index in [0.29, 0.717) is 0 Å². The number of rotatable bonds is 8. The van der Waals surface area contributed by atoms with Gasteiger partial charge >= 0.3 is 6.30 Å². The van der Waals surface area contributed by atoms with Gasteiger partial charge in [0.2, 0.25) is 11.8 Å². The number of hydrogen-bond acceptors (Lipinski definition) is 4. The smallest absolute Gasteiger partial charge is 0.351 e. The van der Waals surface area contributed by atoms with Crippen molar-refractivity contribution in [1.29, 1.82) is 0 Å². The maximum absolute atomic E-state index is 13.9. The number of carbonyl (C=O) groups is 2. The molecule has 0 bridgehead atoms. The van der Waals surface area contributed by atoms with Crippen molar-refractivity contribution in [3.8, 4) is 0 Å². The average molecular weight is 505 g/mol. The molecule has 1 saturated carbocycles. The molecule has 0 radical (unpaired) electrons. The summed E-state index contributed by atoms with van der Waals surface area (Å²) in [6.07, 6.45) is -6.94. The highest BCUT2D eigenvalue weighted by atomic mass is 35.5. The fourth-order valence-corrected chi connectivity index (χ4v) is 4.47. The van der Waals surface area contributed by atoms with Gasteiger partial charge in [0.25, 0.3) is 16.1 Å². The van der Waals surface area contributed by atoms with Crippen LogP contribution in [0.1, 0.15) is 24.4 Å². The van der Waals surface area contributed by atoms with Crippen LogP contribution in [0.4, 0.5) is 22.0 Å². The van der Waals surface area contributed by atoms with Gasteiger partial charge in [-0.3, -0.25) is 9.59 Å². The second-order valence-corrected chi connectivity index (χ2v) is 9.51. The van der Waals surface area contributed by atoms with E-state index in [4.69, 9.17) is 11.6 Å². The molecule has 32 heavy (non-hydrogen) atoms. The first-order valence-corrected chi connectivity index (χ1v) is 11.1. The number of nitrogens with one attached hydrogen (secondary N) is 2. The van der Waals surface area contributed by atoms with Crippen molar-refractivity contribution in [1.82, 2.24) is 19.2 Å². The molecule has 2 N–H and O–H groups in total. The summed E-state index contributed by atoms with van der Waals surface area (Å²) in [6.45, 7) is -0.972. The van der Waals surface area contributed by atoms with E-state index in [1.54, 1.807) is 4.72 Å². The SMILES string of the molecule is O=C(NC1CC(F)(F)C1)C(c1ccccc1Cl)N(C(=O)CNS(=O)(=O)N1CC1)C(F)(F)F. The highest BCUT2D eigenvalue weighted by Gasteiger charge is 2.51. The predicted octanol–water partition coefficient (Wildman–Crippen LogP) is 1.79. The van der Waals surface area contributed by atoms with Crippen LogP contribution >= 0.6 is 11.6 Å². The molecular formula is C17H18ClF5N4O4S. The van der Waals surface area contributed by atoms with Crippen LogP contribution in [0.2, 0.25) is 5.02 Å². The first kappa shape index (κ1) is 24.6. The van der Waals surface area contributed by atoms with E-state index in [9.17, 15) is 40.0 Å². The third-order valence-corrected chi connectivity index (χ3v) is 6.73. The second kappa shape index (κ2) is 8.72. The molecule has 3 rings (SSSR count). The van der Waals surface area contributed by atoms with E-state index in [0.717, 1.165) is 10.4 Å². The molecular weight excluding hydrogens is 487 g/mol. The molecule has 15 heteroatoms. The van der Waals surface area contributed by atoms with E-state index in [-0.39, 0.29) is 18.1 Å². The van der Waals surface area contributed by atoms with Gasteiger partial charge in [-0.1, -0.05) is 29.8 Å². The number of carbonyl (C=O) groups excluding carboxylic acids is 2. The minimum absolute atomic E-state index is 0.156. The Morgan fingerprint density at radius 2 is 1.81 bits per heavy atom. The van der Waals surface area contributed by atoms with Crippen LogP contribution in [-0.2, 0) is 19.8 Å². The van der Waals surface area contributed by atoms with E-state index < -0.39 is 76.2 Å². The number of nitrogens with zero attached hydrogens (tertiary/aromatic N) is 2. The van der Waals surface area contributed by atoms with Crippen LogP contribution in [-0.4, -0.2) is 67.3 Å². The van der Waals surface area contributed by atoms with Crippen LogP contribution in [0.3, 0.4) is 0 Å². The molecule has 1 aliphatic heterocycles. The topological polar surface area (TPSA) is 98.6 Å². The van der Waals surface area contributed by atoms with Crippen LogP contribution in [0.25, 0.3) is 0 Å². The van der Waals surface area contributed by atoms with Crippen LogP contribution in [0.15, 0.2) is 24.3 Å². The molecule has 8 nitrogen and oxygen atoms in total.